The third kappa shape index (κ3) is 2.54. The molecule has 0 unspecified atom stereocenters. The summed E-state index contributed by atoms with van der Waals surface area (Å²) in [7, 11) is 1.46. The molecular formula is C19H16N4O3. The number of amides is 2. The summed E-state index contributed by atoms with van der Waals surface area (Å²) in [6.07, 6.45) is 1.75. The second kappa shape index (κ2) is 5.80. The largest absolute Gasteiger partial charge is 0.379 e. The van der Waals surface area contributed by atoms with Gasteiger partial charge in [-0.1, -0.05) is 6.07 Å². The van der Waals surface area contributed by atoms with Gasteiger partial charge in [-0.25, -0.2) is 4.98 Å². The molecule has 0 atom stereocenters. The third-order valence-corrected chi connectivity index (χ3v) is 4.42. The number of nitrogens with zero attached hydrogens (tertiary/aromatic N) is 3. The maximum Gasteiger partial charge on any atom is 0.261 e. The number of nitrogens with one attached hydrogen (secondary N) is 1. The van der Waals surface area contributed by atoms with E-state index in [0.29, 0.717) is 34.7 Å². The van der Waals surface area contributed by atoms with Crippen LogP contribution >= 0.6 is 0 Å². The van der Waals surface area contributed by atoms with Crippen molar-refractivity contribution < 1.29 is 9.59 Å². The van der Waals surface area contributed by atoms with Crippen molar-refractivity contribution in [3.63, 3.8) is 0 Å². The molecule has 1 aromatic carbocycles. The second-order valence-corrected chi connectivity index (χ2v) is 6.30. The first-order chi connectivity index (χ1) is 12.4. The van der Waals surface area contributed by atoms with Gasteiger partial charge in [0, 0.05) is 25.0 Å². The molecular weight excluding hydrogens is 332 g/mol. The van der Waals surface area contributed by atoms with Crippen molar-refractivity contribution in [3.8, 4) is 0 Å². The Hall–Kier alpha value is -3.48. The Morgan fingerprint density at radius 2 is 1.77 bits per heavy atom. The van der Waals surface area contributed by atoms with Crippen molar-refractivity contribution in [1.29, 1.82) is 0 Å². The molecule has 2 amide bonds. The van der Waals surface area contributed by atoms with E-state index in [4.69, 9.17) is 0 Å². The molecule has 26 heavy (non-hydrogen) atoms. The van der Waals surface area contributed by atoms with Crippen LogP contribution in [0.15, 0.2) is 47.4 Å². The molecule has 4 rings (SSSR count). The van der Waals surface area contributed by atoms with Crippen LogP contribution in [0.25, 0.3) is 5.65 Å². The highest BCUT2D eigenvalue weighted by molar-refractivity contribution is 6.21. The monoisotopic (exact) mass is 348 g/mol. The Morgan fingerprint density at radius 3 is 2.58 bits per heavy atom. The number of pyridine rings is 1. The smallest absolute Gasteiger partial charge is 0.261 e. The highest BCUT2D eigenvalue weighted by Gasteiger charge is 2.32. The number of benzene rings is 1. The van der Waals surface area contributed by atoms with Crippen LogP contribution in [0.2, 0.25) is 0 Å². The molecule has 3 heterocycles. The minimum Gasteiger partial charge on any atom is -0.379 e. The van der Waals surface area contributed by atoms with Crippen molar-refractivity contribution in [2.45, 2.75) is 13.5 Å². The highest BCUT2D eigenvalue weighted by atomic mass is 16.2. The highest BCUT2D eigenvalue weighted by Crippen LogP contribution is 2.24. The lowest BCUT2D eigenvalue weighted by Crippen LogP contribution is -2.24. The molecule has 0 fully saturated rings. The maximum absolute atomic E-state index is 12.2. The minimum absolute atomic E-state index is 0.146. The van der Waals surface area contributed by atoms with Gasteiger partial charge in [-0.05, 0) is 36.8 Å². The van der Waals surface area contributed by atoms with E-state index in [2.05, 4.69) is 10.3 Å². The molecule has 0 spiro atoms. The average molecular weight is 348 g/mol. The molecule has 0 saturated heterocycles. The molecule has 0 radical (unpaired) electrons. The number of carbonyl (C=O) groups is 2. The van der Waals surface area contributed by atoms with Crippen LogP contribution in [-0.4, -0.2) is 33.1 Å². The summed E-state index contributed by atoms with van der Waals surface area (Å²) in [4.78, 5) is 41.8. The van der Waals surface area contributed by atoms with Gasteiger partial charge in [-0.2, -0.15) is 0 Å². The summed E-state index contributed by atoms with van der Waals surface area (Å²) in [5, 5.41) is 3.15. The van der Waals surface area contributed by atoms with Gasteiger partial charge in [0.1, 0.15) is 5.65 Å². The second-order valence-electron chi connectivity index (χ2n) is 6.30. The first-order valence-corrected chi connectivity index (χ1v) is 8.13. The number of hydrogen-bond donors (Lipinski definition) is 1. The Bertz CT molecular complexity index is 1130. The van der Waals surface area contributed by atoms with Gasteiger partial charge in [0.15, 0.2) is 0 Å². The van der Waals surface area contributed by atoms with E-state index >= 15 is 0 Å². The topological polar surface area (TPSA) is 83.8 Å². The number of rotatable bonds is 3. The zero-order chi connectivity index (χ0) is 18.4. The fourth-order valence-corrected chi connectivity index (χ4v) is 3.01. The van der Waals surface area contributed by atoms with Gasteiger partial charge in [0.25, 0.3) is 17.4 Å². The molecule has 0 bridgehead atoms. The maximum atomic E-state index is 12.2. The molecule has 0 saturated carbocycles. The van der Waals surface area contributed by atoms with Gasteiger partial charge in [-0.15, -0.1) is 0 Å². The molecule has 3 aromatic rings. The van der Waals surface area contributed by atoms with Crippen molar-refractivity contribution in [3.05, 3.63) is 75.3 Å². The van der Waals surface area contributed by atoms with Crippen molar-refractivity contribution >= 4 is 23.1 Å². The van der Waals surface area contributed by atoms with Gasteiger partial charge in [-0.3, -0.25) is 23.7 Å². The van der Waals surface area contributed by atoms with Crippen molar-refractivity contribution in [1.82, 2.24) is 14.3 Å². The first kappa shape index (κ1) is 16.0. The fraction of sp³-hybridized carbons (Fsp3) is 0.158. The van der Waals surface area contributed by atoms with Crippen LogP contribution in [0.4, 0.5) is 5.69 Å². The summed E-state index contributed by atoms with van der Waals surface area (Å²) in [6.45, 7) is 2.25. The Balaban J connectivity index is 1.60. The standard InChI is InChI=1S/C19H16N4O3/c1-11-3-6-16-21-13(8-17(24)23(16)10-11)9-20-12-4-5-14-15(7-12)19(26)22(2)18(14)25/h3-8,10,20H,9H2,1-2H3. The lowest BCUT2D eigenvalue weighted by atomic mass is 10.1. The summed E-state index contributed by atoms with van der Waals surface area (Å²) in [6, 6.07) is 10.2. The predicted octanol–water partition coefficient (Wildman–Crippen LogP) is 1.84. The number of aryl methyl sites for hydroxylation is 1. The van der Waals surface area contributed by atoms with Crippen molar-refractivity contribution in [2.24, 2.45) is 0 Å². The Morgan fingerprint density at radius 1 is 1.00 bits per heavy atom. The first-order valence-electron chi connectivity index (χ1n) is 8.13. The third-order valence-electron chi connectivity index (χ3n) is 4.42. The number of anilines is 1. The SMILES string of the molecule is Cc1ccc2nc(CNc3ccc4c(c3)C(=O)N(C)C4=O)cc(=O)n2c1. The molecule has 130 valence electrons. The Kier molecular flexibility index (Phi) is 3.57. The number of carbonyl (C=O) groups excluding carboxylic acids is 2. The van der Waals surface area contributed by atoms with Crippen LogP contribution in [0.3, 0.4) is 0 Å². The minimum atomic E-state index is -0.314. The summed E-state index contributed by atoms with van der Waals surface area (Å²) >= 11 is 0. The zero-order valence-corrected chi connectivity index (χ0v) is 14.3. The molecule has 7 heteroatoms. The molecule has 1 aliphatic heterocycles. The fourth-order valence-electron chi connectivity index (χ4n) is 3.01. The lowest BCUT2D eigenvalue weighted by Gasteiger charge is -2.08. The number of hydrogen-bond acceptors (Lipinski definition) is 5. The lowest BCUT2D eigenvalue weighted by molar-refractivity contribution is 0.0693. The van der Waals surface area contributed by atoms with E-state index in [1.165, 1.54) is 17.5 Å². The van der Waals surface area contributed by atoms with Crippen LogP contribution in [-0.2, 0) is 6.54 Å². The van der Waals surface area contributed by atoms with Crippen molar-refractivity contribution in [2.75, 3.05) is 12.4 Å². The number of imide groups is 1. The van der Waals surface area contributed by atoms with Crippen LogP contribution in [0.1, 0.15) is 32.0 Å². The summed E-state index contributed by atoms with van der Waals surface area (Å²) < 4.78 is 1.51. The predicted molar refractivity (Wildman–Crippen MR) is 96.4 cm³/mol. The number of fused-ring (bicyclic) bond motifs is 2. The van der Waals surface area contributed by atoms with Gasteiger partial charge >= 0.3 is 0 Å². The quantitative estimate of drug-likeness (QED) is 0.730. The molecule has 1 aliphatic rings. The van der Waals surface area contributed by atoms with Crippen LogP contribution in [0.5, 0.6) is 0 Å². The van der Waals surface area contributed by atoms with Crippen LogP contribution < -0.4 is 10.9 Å². The van der Waals surface area contributed by atoms with E-state index in [1.54, 1.807) is 30.5 Å². The van der Waals surface area contributed by atoms with E-state index in [1.807, 2.05) is 13.0 Å². The molecule has 7 nitrogen and oxygen atoms in total. The van der Waals surface area contributed by atoms with Gasteiger partial charge < -0.3 is 5.32 Å². The normalized spacial score (nSPS) is 13.4. The zero-order valence-electron chi connectivity index (χ0n) is 14.3. The van der Waals surface area contributed by atoms with Gasteiger partial charge in [0.2, 0.25) is 0 Å². The molecule has 1 N–H and O–H groups in total. The summed E-state index contributed by atoms with van der Waals surface area (Å²) in [5.74, 6) is -0.609. The van der Waals surface area contributed by atoms with E-state index in [-0.39, 0.29) is 17.4 Å². The number of aromatic nitrogens is 2. The van der Waals surface area contributed by atoms with Crippen LogP contribution in [0, 0.1) is 6.92 Å². The van der Waals surface area contributed by atoms with E-state index in [0.717, 1.165) is 10.5 Å². The van der Waals surface area contributed by atoms with E-state index < -0.39 is 0 Å². The molecule has 2 aromatic heterocycles. The molecule has 0 aliphatic carbocycles. The Labute approximate surface area is 148 Å². The van der Waals surface area contributed by atoms with E-state index in [9.17, 15) is 14.4 Å². The van der Waals surface area contributed by atoms with Gasteiger partial charge in [0.05, 0.1) is 23.4 Å². The average Bonchev–Trinajstić information content (AvgIpc) is 2.85. The summed E-state index contributed by atoms with van der Waals surface area (Å²) in [5.41, 5.74) is 3.48.